The van der Waals surface area contributed by atoms with Crippen LogP contribution < -0.4 is 4.90 Å². The largest absolute Gasteiger partial charge is 0.456 e. The van der Waals surface area contributed by atoms with Crippen molar-refractivity contribution in [3.8, 4) is 22.3 Å². The van der Waals surface area contributed by atoms with Crippen LogP contribution >= 0.6 is 0 Å². The zero-order chi connectivity index (χ0) is 30.9. The van der Waals surface area contributed by atoms with Crippen LogP contribution in [0.3, 0.4) is 0 Å². The van der Waals surface area contributed by atoms with Crippen molar-refractivity contribution in [2.24, 2.45) is 0 Å². The molecule has 0 atom stereocenters. The summed E-state index contributed by atoms with van der Waals surface area (Å²) in [5.41, 5.74) is 14.4. The maximum Gasteiger partial charge on any atom is 0.137 e. The number of hydrogen-bond donors (Lipinski definition) is 0. The molecule has 0 unspecified atom stereocenters. The molecule has 2 nitrogen and oxygen atoms in total. The fraction of sp³-hybridized carbons (Fsp3) is 0.163. The van der Waals surface area contributed by atoms with Gasteiger partial charge in [-0.1, -0.05) is 126 Å². The summed E-state index contributed by atoms with van der Waals surface area (Å²) >= 11 is 0. The molecule has 7 aromatic rings. The highest BCUT2D eigenvalue weighted by Gasteiger charge is 2.38. The number of benzene rings is 6. The lowest BCUT2D eigenvalue weighted by Crippen LogP contribution is -2.17. The Kier molecular flexibility index (Phi) is 6.09. The summed E-state index contributed by atoms with van der Waals surface area (Å²) in [6, 6.07) is 48.3. The lowest BCUT2D eigenvalue weighted by atomic mass is 9.79. The monoisotopic (exact) mass is 583 g/mol. The third kappa shape index (κ3) is 4.31. The van der Waals surface area contributed by atoms with Gasteiger partial charge in [0.1, 0.15) is 11.2 Å². The molecule has 0 fully saturated rings. The molecule has 0 bridgehead atoms. The maximum atomic E-state index is 6.36. The van der Waals surface area contributed by atoms with Crippen molar-refractivity contribution in [2.75, 3.05) is 4.90 Å². The number of hydrogen-bond acceptors (Lipinski definition) is 2. The maximum absolute atomic E-state index is 6.36. The van der Waals surface area contributed by atoms with Crippen molar-refractivity contribution in [1.82, 2.24) is 0 Å². The zero-order valence-corrected chi connectivity index (χ0v) is 26.6. The highest BCUT2D eigenvalue weighted by molar-refractivity contribution is 6.06. The number of nitrogens with zero attached hydrogens (tertiary/aromatic N) is 1. The van der Waals surface area contributed by atoms with Crippen LogP contribution in [0, 0.1) is 0 Å². The Morgan fingerprint density at radius 3 is 2.07 bits per heavy atom. The lowest BCUT2D eigenvalue weighted by Gasteiger charge is -2.28. The molecule has 0 spiro atoms. The predicted molar refractivity (Wildman–Crippen MR) is 190 cm³/mol. The minimum atomic E-state index is -0.0949. The number of rotatable bonds is 4. The normalized spacial score (nSPS) is 13.6. The molecule has 1 aromatic heterocycles. The summed E-state index contributed by atoms with van der Waals surface area (Å²) in [6.07, 6.45) is 0. The predicted octanol–water partition coefficient (Wildman–Crippen LogP) is 12.3. The SMILES string of the molecule is CC(C)(C)c1ccc2c(c1)C(C)(C)c1cccc(-c3ccccc3N(c3ccccc3)c3ccc4c(c3)oc3ccccc34)c1-2. The van der Waals surface area contributed by atoms with Crippen molar-refractivity contribution in [3.63, 3.8) is 0 Å². The van der Waals surface area contributed by atoms with E-state index >= 15 is 0 Å². The number of fused-ring (bicyclic) bond motifs is 6. The first-order chi connectivity index (χ1) is 21.7. The van der Waals surface area contributed by atoms with Crippen LogP contribution in [0.5, 0.6) is 0 Å². The molecule has 220 valence electrons. The fourth-order valence-electron chi connectivity index (χ4n) is 7.23. The molecule has 1 aliphatic rings. The second kappa shape index (κ2) is 9.97. The number of para-hydroxylation sites is 3. The molecule has 45 heavy (non-hydrogen) atoms. The van der Waals surface area contributed by atoms with Gasteiger partial charge < -0.3 is 9.32 Å². The van der Waals surface area contributed by atoms with E-state index in [0.717, 1.165) is 39.0 Å². The summed E-state index contributed by atoms with van der Waals surface area (Å²) in [5, 5.41) is 2.27. The average Bonchev–Trinajstić information content (AvgIpc) is 3.53. The van der Waals surface area contributed by atoms with Gasteiger partial charge in [-0.15, -0.1) is 0 Å². The van der Waals surface area contributed by atoms with Crippen molar-refractivity contribution in [2.45, 2.75) is 45.4 Å². The van der Waals surface area contributed by atoms with Gasteiger partial charge in [-0.3, -0.25) is 0 Å². The van der Waals surface area contributed by atoms with Gasteiger partial charge >= 0.3 is 0 Å². The first-order valence-electron chi connectivity index (χ1n) is 15.9. The van der Waals surface area contributed by atoms with E-state index in [1.54, 1.807) is 0 Å². The lowest BCUT2D eigenvalue weighted by molar-refractivity contribution is 0.584. The Hall–Kier alpha value is -5.08. The Bertz CT molecular complexity index is 2230. The molecule has 6 aromatic carbocycles. The second-order valence-electron chi connectivity index (χ2n) is 13.8. The Morgan fingerprint density at radius 2 is 1.24 bits per heavy atom. The van der Waals surface area contributed by atoms with E-state index in [4.69, 9.17) is 4.42 Å². The molecule has 0 amide bonds. The standard InChI is InChI=1S/C43H37NO/c1-42(2,3)28-22-24-35-37(26-28)43(4,5)36-19-13-18-34(41(35)36)31-16-9-11-20-38(31)44(29-14-7-6-8-15-29)30-23-25-33-32-17-10-12-21-39(32)45-40(33)27-30/h6-27H,1-5H3. The summed E-state index contributed by atoms with van der Waals surface area (Å²) in [4.78, 5) is 2.37. The van der Waals surface area contributed by atoms with Gasteiger partial charge in [0.15, 0.2) is 0 Å². The van der Waals surface area contributed by atoms with Crippen molar-refractivity contribution < 1.29 is 4.42 Å². The van der Waals surface area contributed by atoms with Gasteiger partial charge in [0.25, 0.3) is 0 Å². The molecule has 0 saturated carbocycles. The van der Waals surface area contributed by atoms with Crippen LogP contribution in [0.1, 0.15) is 51.3 Å². The van der Waals surface area contributed by atoms with Crippen LogP contribution in [-0.4, -0.2) is 0 Å². The highest BCUT2D eigenvalue weighted by atomic mass is 16.3. The zero-order valence-electron chi connectivity index (χ0n) is 26.6. The Morgan fingerprint density at radius 1 is 0.533 bits per heavy atom. The summed E-state index contributed by atoms with van der Waals surface area (Å²) in [5.74, 6) is 0. The van der Waals surface area contributed by atoms with E-state index in [1.807, 2.05) is 12.1 Å². The van der Waals surface area contributed by atoms with E-state index in [9.17, 15) is 0 Å². The Balaban J connectivity index is 1.35. The quantitative estimate of drug-likeness (QED) is 0.205. The molecule has 1 aliphatic carbocycles. The van der Waals surface area contributed by atoms with Crippen LogP contribution in [0.25, 0.3) is 44.2 Å². The minimum Gasteiger partial charge on any atom is -0.456 e. The third-order valence-electron chi connectivity index (χ3n) is 9.64. The summed E-state index contributed by atoms with van der Waals surface area (Å²) < 4.78 is 6.36. The fourth-order valence-corrected chi connectivity index (χ4v) is 7.23. The second-order valence-corrected chi connectivity index (χ2v) is 13.8. The summed E-state index contributed by atoms with van der Waals surface area (Å²) in [7, 11) is 0. The van der Waals surface area contributed by atoms with Crippen LogP contribution in [0.15, 0.2) is 138 Å². The van der Waals surface area contributed by atoms with E-state index < -0.39 is 0 Å². The molecule has 1 heterocycles. The molecule has 0 saturated heterocycles. The van der Waals surface area contributed by atoms with Crippen LogP contribution in [0.4, 0.5) is 17.1 Å². The van der Waals surface area contributed by atoms with Gasteiger partial charge in [0, 0.05) is 39.2 Å². The van der Waals surface area contributed by atoms with Crippen molar-refractivity contribution >= 4 is 39.0 Å². The van der Waals surface area contributed by atoms with Crippen LogP contribution in [0.2, 0.25) is 0 Å². The average molecular weight is 584 g/mol. The molecule has 2 heteroatoms. The molecular weight excluding hydrogens is 546 g/mol. The smallest absolute Gasteiger partial charge is 0.137 e. The molecule has 0 aliphatic heterocycles. The van der Waals surface area contributed by atoms with Gasteiger partial charge in [-0.05, 0) is 75.2 Å². The molecule has 0 N–H and O–H groups in total. The van der Waals surface area contributed by atoms with E-state index in [1.165, 1.54) is 38.9 Å². The topological polar surface area (TPSA) is 16.4 Å². The summed E-state index contributed by atoms with van der Waals surface area (Å²) in [6.45, 7) is 11.6. The Labute approximate surface area is 265 Å². The molecular formula is C43H37NO. The van der Waals surface area contributed by atoms with E-state index in [0.29, 0.717) is 0 Å². The van der Waals surface area contributed by atoms with Crippen LogP contribution in [-0.2, 0) is 10.8 Å². The van der Waals surface area contributed by atoms with Crippen molar-refractivity contribution in [3.05, 3.63) is 150 Å². The first kappa shape index (κ1) is 27.5. The van der Waals surface area contributed by atoms with E-state index in [2.05, 4.69) is 161 Å². The minimum absolute atomic E-state index is 0.0897. The number of anilines is 3. The van der Waals surface area contributed by atoms with Crippen molar-refractivity contribution in [1.29, 1.82) is 0 Å². The van der Waals surface area contributed by atoms with Gasteiger partial charge in [-0.25, -0.2) is 0 Å². The molecule has 8 rings (SSSR count). The number of furan rings is 1. The van der Waals surface area contributed by atoms with Gasteiger partial charge in [0.2, 0.25) is 0 Å². The highest BCUT2D eigenvalue weighted by Crippen LogP contribution is 2.54. The third-order valence-corrected chi connectivity index (χ3v) is 9.64. The van der Waals surface area contributed by atoms with Gasteiger partial charge in [-0.2, -0.15) is 0 Å². The van der Waals surface area contributed by atoms with Gasteiger partial charge in [0.05, 0.1) is 5.69 Å². The molecule has 0 radical (unpaired) electrons. The first-order valence-corrected chi connectivity index (χ1v) is 15.9. The van der Waals surface area contributed by atoms with E-state index in [-0.39, 0.29) is 10.8 Å².